The molecule has 2 amide bonds. The lowest BCUT2D eigenvalue weighted by molar-refractivity contribution is 0.0670. The van der Waals surface area contributed by atoms with Crippen LogP contribution >= 0.6 is 11.6 Å². The van der Waals surface area contributed by atoms with Crippen LogP contribution in [0.1, 0.15) is 23.2 Å². The van der Waals surface area contributed by atoms with Crippen LogP contribution in [0.2, 0.25) is 5.02 Å². The van der Waals surface area contributed by atoms with Crippen LogP contribution in [0.15, 0.2) is 18.2 Å². The number of benzene rings is 1. The van der Waals surface area contributed by atoms with Crippen molar-refractivity contribution in [3.05, 3.63) is 28.8 Å². The molecule has 114 valence electrons. The minimum absolute atomic E-state index is 0.0686. The van der Waals surface area contributed by atoms with Gasteiger partial charge in [-0.1, -0.05) is 11.6 Å². The van der Waals surface area contributed by atoms with E-state index in [9.17, 15) is 9.59 Å². The van der Waals surface area contributed by atoms with Gasteiger partial charge in [0.2, 0.25) is 0 Å². The largest absolute Gasteiger partial charge is 0.478 e. The number of amides is 2. The van der Waals surface area contributed by atoms with Gasteiger partial charge in [-0.2, -0.15) is 0 Å². The second-order valence-electron chi connectivity index (χ2n) is 4.89. The smallest absolute Gasteiger partial charge is 0.335 e. The maximum absolute atomic E-state index is 11.8. The Morgan fingerprint density at radius 1 is 1.33 bits per heavy atom. The number of nitrogens with one attached hydrogen (secondary N) is 2. The summed E-state index contributed by atoms with van der Waals surface area (Å²) in [5, 5.41) is 14.6. The zero-order valence-corrected chi connectivity index (χ0v) is 12.2. The Kier molecular flexibility index (Phi) is 5.41. The summed E-state index contributed by atoms with van der Waals surface area (Å²) in [6.07, 6.45) is 1.85. The zero-order chi connectivity index (χ0) is 15.2. The molecule has 1 aromatic carbocycles. The number of rotatable bonds is 4. The Morgan fingerprint density at radius 3 is 2.71 bits per heavy atom. The first-order valence-corrected chi connectivity index (χ1v) is 7.09. The summed E-state index contributed by atoms with van der Waals surface area (Å²) in [5.74, 6) is -0.664. The van der Waals surface area contributed by atoms with Gasteiger partial charge in [-0.15, -0.1) is 0 Å². The van der Waals surface area contributed by atoms with Crippen molar-refractivity contribution in [1.82, 2.24) is 5.32 Å². The maximum atomic E-state index is 11.8. The van der Waals surface area contributed by atoms with Crippen molar-refractivity contribution in [2.24, 2.45) is 5.92 Å². The molecule has 0 saturated carbocycles. The van der Waals surface area contributed by atoms with Crippen molar-refractivity contribution in [1.29, 1.82) is 0 Å². The van der Waals surface area contributed by atoms with Gasteiger partial charge >= 0.3 is 12.0 Å². The van der Waals surface area contributed by atoms with E-state index in [2.05, 4.69) is 10.6 Å². The number of carbonyl (C=O) groups excluding carboxylic acids is 1. The van der Waals surface area contributed by atoms with E-state index < -0.39 is 12.0 Å². The molecule has 6 nitrogen and oxygen atoms in total. The molecule has 0 aliphatic carbocycles. The highest BCUT2D eigenvalue weighted by Gasteiger charge is 2.15. The summed E-state index contributed by atoms with van der Waals surface area (Å²) < 4.78 is 5.25. The molecule has 1 aliphatic heterocycles. The van der Waals surface area contributed by atoms with Gasteiger partial charge in [-0.25, -0.2) is 9.59 Å². The summed E-state index contributed by atoms with van der Waals surface area (Å²) in [7, 11) is 0. The molecule has 3 N–H and O–H groups in total. The van der Waals surface area contributed by atoms with Crippen molar-refractivity contribution in [2.75, 3.05) is 25.1 Å². The molecule has 0 radical (unpaired) electrons. The fourth-order valence-electron chi connectivity index (χ4n) is 2.11. The van der Waals surface area contributed by atoms with Crippen LogP contribution in [0.5, 0.6) is 0 Å². The van der Waals surface area contributed by atoms with Gasteiger partial charge in [0.05, 0.1) is 16.3 Å². The first-order valence-electron chi connectivity index (χ1n) is 6.71. The number of hydrogen-bond donors (Lipinski definition) is 3. The Bertz CT molecular complexity index is 530. The number of urea groups is 1. The van der Waals surface area contributed by atoms with Gasteiger partial charge in [0, 0.05) is 19.8 Å². The van der Waals surface area contributed by atoms with E-state index in [4.69, 9.17) is 21.4 Å². The molecule has 0 atom stereocenters. The Morgan fingerprint density at radius 2 is 2.05 bits per heavy atom. The summed E-state index contributed by atoms with van der Waals surface area (Å²) in [6, 6.07) is 3.76. The van der Waals surface area contributed by atoms with Crippen LogP contribution in [0.3, 0.4) is 0 Å². The van der Waals surface area contributed by atoms with Crippen LogP contribution in [0, 0.1) is 5.92 Å². The maximum Gasteiger partial charge on any atom is 0.335 e. The van der Waals surface area contributed by atoms with Crippen molar-refractivity contribution in [2.45, 2.75) is 12.8 Å². The molecule has 1 aromatic rings. The van der Waals surface area contributed by atoms with E-state index in [1.54, 1.807) is 0 Å². The number of carboxylic acid groups (broad SMARTS) is 1. The molecular weight excluding hydrogens is 296 g/mol. The molecule has 0 spiro atoms. The molecule has 0 aromatic heterocycles. The predicted molar refractivity (Wildman–Crippen MR) is 79.0 cm³/mol. The van der Waals surface area contributed by atoms with E-state index in [-0.39, 0.29) is 11.3 Å². The van der Waals surface area contributed by atoms with Crippen LogP contribution in [0.4, 0.5) is 10.5 Å². The van der Waals surface area contributed by atoms with E-state index in [1.807, 2.05) is 0 Å². The van der Waals surface area contributed by atoms with E-state index >= 15 is 0 Å². The first kappa shape index (κ1) is 15.6. The quantitative estimate of drug-likeness (QED) is 0.797. The number of anilines is 1. The summed E-state index contributed by atoms with van der Waals surface area (Å²) >= 11 is 5.94. The summed E-state index contributed by atoms with van der Waals surface area (Å²) in [4.78, 5) is 22.7. The average Bonchev–Trinajstić information content (AvgIpc) is 2.48. The lowest BCUT2D eigenvalue weighted by Crippen LogP contribution is -2.35. The van der Waals surface area contributed by atoms with Gasteiger partial charge < -0.3 is 20.5 Å². The van der Waals surface area contributed by atoms with Crippen molar-refractivity contribution in [3.63, 3.8) is 0 Å². The van der Waals surface area contributed by atoms with Crippen molar-refractivity contribution in [3.8, 4) is 0 Å². The first-order chi connectivity index (χ1) is 10.1. The highest BCUT2D eigenvalue weighted by atomic mass is 35.5. The SMILES string of the molecule is O=C(NCC1CCOCC1)Nc1cc(C(=O)O)ccc1Cl. The monoisotopic (exact) mass is 312 g/mol. The molecule has 2 rings (SSSR count). The Hall–Kier alpha value is -1.79. The number of aromatic carboxylic acids is 1. The molecule has 7 heteroatoms. The van der Waals surface area contributed by atoms with Gasteiger partial charge in [-0.05, 0) is 37.0 Å². The third-order valence-electron chi connectivity index (χ3n) is 3.35. The predicted octanol–water partition coefficient (Wildman–Crippen LogP) is 2.59. The zero-order valence-electron chi connectivity index (χ0n) is 11.4. The number of carboxylic acids is 1. The highest BCUT2D eigenvalue weighted by Crippen LogP contribution is 2.23. The molecule has 1 aliphatic rings. The summed E-state index contributed by atoms with van der Waals surface area (Å²) in [6.45, 7) is 2.01. The fraction of sp³-hybridized carbons (Fsp3) is 0.429. The molecule has 0 unspecified atom stereocenters. The van der Waals surface area contributed by atoms with Gasteiger partial charge in [0.1, 0.15) is 0 Å². The standard InChI is InChI=1S/C14H17ClN2O4/c15-11-2-1-10(13(18)19)7-12(11)17-14(20)16-8-9-3-5-21-6-4-9/h1-2,7,9H,3-6,8H2,(H,18,19)(H2,16,17,20). The minimum Gasteiger partial charge on any atom is -0.478 e. The van der Waals surface area contributed by atoms with E-state index in [1.165, 1.54) is 18.2 Å². The van der Waals surface area contributed by atoms with Gasteiger partial charge in [-0.3, -0.25) is 0 Å². The molecule has 0 bridgehead atoms. The number of halogens is 1. The number of hydrogen-bond acceptors (Lipinski definition) is 3. The van der Waals surface area contributed by atoms with Gasteiger partial charge in [0.15, 0.2) is 0 Å². The van der Waals surface area contributed by atoms with E-state index in [0.717, 1.165) is 26.1 Å². The molecule has 1 saturated heterocycles. The van der Waals surface area contributed by atoms with Crippen LogP contribution in [-0.2, 0) is 4.74 Å². The number of ether oxygens (including phenoxy) is 1. The fourth-order valence-corrected chi connectivity index (χ4v) is 2.27. The Labute approximate surface area is 127 Å². The van der Waals surface area contributed by atoms with Crippen LogP contribution < -0.4 is 10.6 Å². The van der Waals surface area contributed by atoms with Crippen molar-refractivity contribution < 1.29 is 19.4 Å². The normalized spacial score (nSPS) is 15.5. The topological polar surface area (TPSA) is 87.7 Å². The van der Waals surface area contributed by atoms with Gasteiger partial charge in [0.25, 0.3) is 0 Å². The molecule has 21 heavy (non-hydrogen) atoms. The molecule has 1 fully saturated rings. The van der Waals surface area contributed by atoms with Crippen molar-refractivity contribution >= 4 is 29.3 Å². The third kappa shape index (κ3) is 4.61. The average molecular weight is 313 g/mol. The summed E-state index contributed by atoms with van der Waals surface area (Å²) in [5.41, 5.74) is 0.347. The molecule has 1 heterocycles. The number of carbonyl (C=O) groups is 2. The lowest BCUT2D eigenvalue weighted by atomic mass is 10.0. The second-order valence-corrected chi connectivity index (χ2v) is 5.30. The van der Waals surface area contributed by atoms with E-state index in [0.29, 0.717) is 17.5 Å². The van der Waals surface area contributed by atoms with Crippen LogP contribution in [0.25, 0.3) is 0 Å². The molecular formula is C14H17ClN2O4. The van der Waals surface area contributed by atoms with Crippen LogP contribution in [-0.4, -0.2) is 36.9 Å². The second kappa shape index (κ2) is 7.28. The minimum atomic E-state index is -1.07. The Balaban J connectivity index is 1.89. The third-order valence-corrected chi connectivity index (χ3v) is 3.68. The highest BCUT2D eigenvalue weighted by molar-refractivity contribution is 6.33. The lowest BCUT2D eigenvalue weighted by Gasteiger charge is -2.22.